The molecule has 0 fully saturated rings. The number of aliphatic hydroxyl groups excluding tert-OH is 1. The SMILES string of the molecule is Cc1c([C@H](O)c2c(Cl)ccc3cncn23)nnn1-c1ccc(OCCC(C)(C)O)c(F)c1. The average molecular weight is 460 g/mol. The van der Waals surface area contributed by atoms with Gasteiger partial charge in [-0.25, -0.2) is 14.1 Å². The second-order valence-corrected chi connectivity index (χ2v) is 8.56. The summed E-state index contributed by atoms with van der Waals surface area (Å²) in [7, 11) is 0. The second-order valence-electron chi connectivity index (χ2n) is 8.16. The van der Waals surface area contributed by atoms with Gasteiger partial charge >= 0.3 is 0 Å². The molecule has 32 heavy (non-hydrogen) atoms. The number of halogens is 2. The van der Waals surface area contributed by atoms with E-state index in [0.29, 0.717) is 34.2 Å². The number of ether oxygens (including phenoxy) is 1. The summed E-state index contributed by atoms with van der Waals surface area (Å²) in [6.07, 6.45) is 2.42. The Bertz CT molecular complexity index is 1260. The molecule has 0 aliphatic heterocycles. The Labute approximate surface area is 188 Å². The Morgan fingerprint density at radius 2 is 2.03 bits per heavy atom. The van der Waals surface area contributed by atoms with Crippen LogP contribution in [0.5, 0.6) is 5.75 Å². The Morgan fingerprint density at radius 1 is 1.25 bits per heavy atom. The summed E-state index contributed by atoms with van der Waals surface area (Å²) in [6.45, 7) is 5.23. The zero-order valence-corrected chi connectivity index (χ0v) is 18.6. The molecule has 10 heteroatoms. The molecule has 0 aliphatic carbocycles. The van der Waals surface area contributed by atoms with Crippen molar-refractivity contribution in [3.05, 3.63) is 70.8 Å². The first-order valence-corrected chi connectivity index (χ1v) is 10.4. The third kappa shape index (κ3) is 4.32. The summed E-state index contributed by atoms with van der Waals surface area (Å²) < 4.78 is 23.1. The highest BCUT2D eigenvalue weighted by Gasteiger charge is 2.24. The Morgan fingerprint density at radius 3 is 2.75 bits per heavy atom. The van der Waals surface area contributed by atoms with E-state index in [9.17, 15) is 14.6 Å². The highest BCUT2D eigenvalue weighted by molar-refractivity contribution is 6.31. The van der Waals surface area contributed by atoms with Crippen molar-refractivity contribution < 1.29 is 19.3 Å². The molecule has 0 unspecified atom stereocenters. The van der Waals surface area contributed by atoms with Crippen molar-refractivity contribution >= 4 is 17.1 Å². The van der Waals surface area contributed by atoms with E-state index in [2.05, 4.69) is 15.3 Å². The highest BCUT2D eigenvalue weighted by atomic mass is 35.5. The molecule has 0 saturated heterocycles. The van der Waals surface area contributed by atoms with Gasteiger partial charge in [-0.15, -0.1) is 5.10 Å². The predicted molar refractivity (Wildman–Crippen MR) is 117 cm³/mol. The van der Waals surface area contributed by atoms with Crippen molar-refractivity contribution in [2.75, 3.05) is 6.61 Å². The minimum Gasteiger partial charge on any atom is -0.490 e. The molecule has 0 bridgehead atoms. The zero-order chi connectivity index (χ0) is 23.0. The number of fused-ring (bicyclic) bond motifs is 1. The van der Waals surface area contributed by atoms with E-state index in [1.54, 1.807) is 55.9 Å². The van der Waals surface area contributed by atoms with Crippen molar-refractivity contribution in [2.24, 2.45) is 0 Å². The molecule has 4 aromatic rings. The van der Waals surface area contributed by atoms with Crippen molar-refractivity contribution in [1.29, 1.82) is 0 Å². The molecular weight excluding hydrogens is 437 g/mol. The van der Waals surface area contributed by atoms with Gasteiger partial charge < -0.3 is 14.9 Å². The lowest BCUT2D eigenvalue weighted by Crippen LogP contribution is -2.22. The van der Waals surface area contributed by atoms with E-state index < -0.39 is 17.5 Å². The Kier molecular flexibility index (Phi) is 5.89. The monoisotopic (exact) mass is 459 g/mol. The molecule has 0 saturated carbocycles. The van der Waals surface area contributed by atoms with E-state index in [0.717, 1.165) is 5.52 Å². The molecule has 0 amide bonds. The molecule has 1 aromatic carbocycles. The largest absolute Gasteiger partial charge is 0.490 e. The van der Waals surface area contributed by atoms with Gasteiger partial charge in [0.2, 0.25) is 0 Å². The number of benzene rings is 1. The maximum absolute atomic E-state index is 14.6. The van der Waals surface area contributed by atoms with E-state index in [4.69, 9.17) is 16.3 Å². The van der Waals surface area contributed by atoms with Gasteiger partial charge in [0.05, 0.1) is 52.3 Å². The van der Waals surface area contributed by atoms with Gasteiger partial charge in [0, 0.05) is 12.5 Å². The van der Waals surface area contributed by atoms with Crippen LogP contribution in [0.1, 0.15) is 43.5 Å². The van der Waals surface area contributed by atoms with Gasteiger partial charge in [-0.3, -0.25) is 4.40 Å². The van der Waals surface area contributed by atoms with Crippen molar-refractivity contribution in [3.8, 4) is 11.4 Å². The summed E-state index contributed by atoms with van der Waals surface area (Å²) in [4.78, 5) is 4.09. The van der Waals surface area contributed by atoms with Gasteiger partial charge in [-0.05, 0) is 45.0 Å². The highest BCUT2D eigenvalue weighted by Crippen LogP contribution is 2.31. The van der Waals surface area contributed by atoms with Crippen molar-refractivity contribution in [3.63, 3.8) is 0 Å². The van der Waals surface area contributed by atoms with Crippen LogP contribution in [-0.2, 0) is 0 Å². The van der Waals surface area contributed by atoms with Crippen LogP contribution in [0.4, 0.5) is 4.39 Å². The van der Waals surface area contributed by atoms with Gasteiger partial charge in [-0.2, -0.15) is 0 Å². The Balaban J connectivity index is 1.61. The van der Waals surface area contributed by atoms with Gasteiger partial charge in [0.1, 0.15) is 11.8 Å². The molecule has 4 rings (SSSR count). The summed E-state index contributed by atoms with van der Waals surface area (Å²) in [5, 5.41) is 29.4. The number of hydrogen-bond acceptors (Lipinski definition) is 6. The third-order valence-corrected chi connectivity index (χ3v) is 5.47. The Hall–Kier alpha value is -3.01. The van der Waals surface area contributed by atoms with Gasteiger partial charge in [0.15, 0.2) is 11.6 Å². The molecule has 3 aromatic heterocycles. The predicted octanol–water partition coefficient (Wildman–Crippen LogP) is 3.64. The smallest absolute Gasteiger partial charge is 0.167 e. The number of pyridine rings is 1. The summed E-state index contributed by atoms with van der Waals surface area (Å²) >= 11 is 6.35. The second kappa shape index (κ2) is 8.50. The van der Waals surface area contributed by atoms with E-state index >= 15 is 0 Å². The van der Waals surface area contributed by atoms with Crippen LogP contribution < -0.4 is 4.74 Å². The number of imidazole rings is 1. The molecule has 168 valence electrons. The summed E-state index contributed by atoms with van der Waals surface area (Å²) in [5.41, 5.74) is 1.54. The average Bonchev–Trinajstić information content (AvgIpc) is 3.34. The molecule has 2 N–H and O–H groups in total. The van der Waals surface area contributed by atoms with Gasteiger partial charge in [0.25, 0.3) is 0 Å². The topological polar surface area (TPSA) is 97.7 Å². The fourth-order valence-electron chi connectivity index (χ4n) is 3.37. The number of hydrogen-bond donors (Lipinski definition) is 2. The van der Waals surface area contributed by atoms with Crippen molar-refractivity contribution in [2.45, 2.75) is 38.9 Å². The number of aliphatic hydroxyl groups is 2. The molecule has 0 radical (unpaired) electrons. The third-order valence-electron chi connectivity index (χ3n) is 5.15. The summed E-state index contributed by atoms with van der Waals surface area (Å²) in [6, 6.07) is 7.90. The first-order chi connectivity index (χ1) is 15.2. The van der Waals surface area contributed by atoms with Crippen LogP contribution in [0.25, 0.3) is 11.2 Å². The first kappa shape index (κ1) is 22.2. The molecule has 0 spiro atoms. The lowest BCUT2D eigenvalue weighted by atomic mass is 10.1. The maximum atomic E-state index is 14.6. The van der Waals surface area contributed by atoms with Crippen LogP contribution in [0.15, 0.2) is 42.9 Å². The number of nitrogens with zero attached hydrogens (tertiary/aromatic N) is 5. The van der Waals surface area contributed by atoms with E-state index in [1.807, 2.05) is 0 Å². The normalized spacial score (nSPS) is 13.0. The lowest BCUT2D eigenvalue weighted by Gasteiger charge is -2.17. The van der Waals surface area contributed by atoms with Gasteiger partial charge in [-0.1, -0.05) is 16.8 Å². The molecular formula is C22H23ClFN5O3. The minimum atomic E-state index is -1.16. The zero-order valence-electron chi connectivity index (χ0n) is 17.8. The molecule has 3 heterocycles. The quantitative estimate of drug-likeness (QED) is 0.438. The fourth-order valence-corrected chi connectivity index (χ4v) is 3.63. The van der Waals surface area contributed by atoms with Crippen LogP contribution in [0.2, 0.25) is 5.02 Å². The van der Waals surface area contributed by atoms with Crippen LogP contribution >= 0.6 is 11.6 Å². The number of rotatable bonds is 7. The van der Waals surface area contributed by atoms with E-state index in [-0.39, 0.29) is 12.4 Å². The van der Waals surface area contributed by atoms with Crippen LogP contribution in [0.3, 0.4) is 0 Å². The summed E-state index contributed by atoms with van der Waals surface area (Å²) in [5.74, 6) is -0.490. The van der Waals surface area contributed by atoms with Crippen molar-refractivity contribution in [1.82, 2.24) is 24.4 Å². The first-order valence-electron chi connectivity index (χ1n) is 10.0. The molecule has 1 atom stereocenters. The standard InChI is InChI=1S/C22H23ClFN5O3/c1-13-19(21(30)20-16(23)6-4-15-11-25-12-28(15)20)26-27-29(13)14-5-7-18(17(24)10-14)32-9-8-22(2,3)31/h4-7,10-12,21,30-31H,8-9H2,1-3H3/t21-/m0/s1. The van der Waals surface area contributed by atoms with Crippen LogP contribution in [-0.4, -0.2) is 46.8 Å². The minimum absolute atomic E-state index is 0.0783. The number of aromatic nitrogens is 5. The molecule has 0 aliphatic rings. The molecule has 8 nitrogen and oxygen atoms in total. The maximum Gasteiger partial charge on any atom is 0.167 e. The lowest BCUT2D eigenvalue weighted by molar-refractivity contribution is 0.0547. The van der Waals surface area contributed by atoms with E-state index in [1.165, 1.54) is 16.8 Å². The fraction of sp³-hybridized carbons (Fsp3) is 0.318. The van der Waals surface area contributed by atoms with Crippen LogP contribution in [0, 0.1) is 12.7 Å².